The molecule has 4 fully saturated rings. The van der Waals surface area contributed by atoms with Crippen molar-refractivity contribution < 1.29 is 4.39 Å². The first-order chi connectivity index (χ1) is 6.13. The van der Waals surface area contributed by atoms with Gasteiger partial charge in [0, 0.05) is 0 Å². The van der Waals surface area contributed by atoms with E-state index >= 15 is 0 Å². The van der Waals surface area contributed by atoms with Crippen molar-refractivity contribution in [3.8, 4) is 0 Å². The molecule has 4 bridgehead atoms. The fraction of sp³-hybridized carbons (Fsp3) is 1.00. The van der Waals surface area contributed by atoms with Crippen LogP contribution in [0.2, 0.25) is 0 Å². The third kappa shape index (κ3) is 1.08. The fourth-order valence-corrected chi connectivity index (χ4v) is 5.08. The zero-order valence-corrected chi connectivity index (χ0v) is 8.48. The third-order valence-electron chi connectivity index (χ3n) is 4.76. The molecule has 4 aliphatic carbocycles. The maximum absolute atomic E-state index is 13.1. The molecule has 0 spiro atoms. The van der Waals surface area contributed by atoms with Crippen LogP contribution in [0.1, 0.15) is 45.4 Å². The van der Waals surface area contributed by atoms with Crippen LogP contribution in [0, 0.1) is 22.7 Å². The van der Waals surface area contributed by atoms with Gasteiger partial charge in [0.1, 0.15) is 0 Å². The first-order valence-electron chi connectivity index (χ1n) is 5.69. The van der Waals surface area contributed by atoms with Crippen molar-refractivity contribution in [1.82, 2.24) is 0 Å². The lowest BCUT2D eigenvalue weighted by molar-refractivity contribution is -0.110. The van der Waals surface area contributed by atoms with Crippen LogP contribution in [0.3, 0.4) is 0 Å². The van der Waals surface area contributed by atoms with Crippen LogP contribution in [0.25, 0.3) is 0 Å². The topological polar surface area (TPSA) is 0 Å². The molecule has 0 aliphatic heterocycles. The molecular weight excluding hydrogens is 163 g/mol. The lowest BCUT2D eigenvalue weighted by Crippen LogP contribution is -2.51. The normalized spacial score (nSPS) is 58.6. The third-order valence-corrected chi connectivity index (χ3v) is 4.76. The Labute approximate surface area is 79.9 Å². The summed E-state index contributed by atoms with van der Waals surface area (Å²) in [6.45, 7) is 2.35. The van der Waals surface area contributed by atoms with Crippen LogP contribution in [-0.4, -0.2) is 6.67 Å². The Balaban J connectivity index is 1.95. The second kappa shape index (κ2) is 2.29. The molecule has 0 amide bonds. The van der Waals surface area contributed by atoms with Crippen molar-refractivity contribution in [1.29, 1.82) is 0 Å². The Hall–Kier alpha value is -0.0700. The summed E-state index contributed by atoms with van der Waals surface area (Å²) in [5.74, 6) is 1.75. The smallest absolute Gasteiger partial charge is 0.0951 e. The van der Waals surface area contributed by atoms with E-state index in [-0.39, 0.29) is 12.1 Å². The number of halogens is 1. The largest absolute Gasteiger partial charge is 0.250 e. The molecule has 74 valence electrons. The Kier molecular flexibility index (Phi) is 1.46. The van der Waals surface area contributed by atoms with Crippen LogP contribution in [-0.2, 0) is 0 Å². The van der Waals surface area contributed by atoms with Gasteiger partial charge in [-0.05, 0) is 61.2 Å². The van der Waals surface area contributed by atoms with Crippen molar-refractivity contribution in [3.05, 3.63) is 0 Å². The van der Waals surface area contributed by atoms with Crippen LogP contribution in [0.5, 0.6) is 0 Å². The fourth-order valence-electron chi connectivity index (χ4n) is 5.08. The predicted octanol–water partition coefficient (Wildman–Crippen LogP) is 3.56. The lowest BCUT2D eigenvalue weighted by atomic mass is 9.45. The van der Waals surface area contributed by atoms with Gasteiger partial charge in [0.15, 0.2) is 0 Å². The van der Waals surface area contributed by atoms with Gasteiger partial charge in [0.05, 0.1) is 6.67 Å². The highest BCUT2D eigenvalue weighted by molar-refractivity contribution is 5.05. The maximum atomic E-state index is 13.1. The molecule has 4 rings (SSSR count). The van der Waals surface area contributed by atoms with Crippen molar-refractivity contribution in [2.45, 2.75) is 45.4 Å². The van der Waals surface area contributed by atoms with E-state index in [4.69, 9.17) is 0 Å². The van der Waals surface area contributed by atoms with Crippen LogP contribution in [0.4, 0.5) is 4.39 Å². The van der Waals surface area contributed by atoms with Gasteiger partial charge in [-0.15, -0.1) is 0 Å². The summed E-state index contributed by atoms with van der Waals surface area (Å²) in [4.78, 5) is 0. The van der Waals surface area contributed by atoms with E-state index in [1.54, 1.807) is 0 Å². The van der Waals surface area contributed by atoms with E-state index in [1.165, 1.54) is 38.5 Å². The predicted molar refractivity (Wildman–Crippen MR) is 51.2 cm³/mol. The molecule has 0 saturated heterocycles. The van der Waals surface area contributed by atoms with Gasteiger partial charge >= 0.3 is 0 Å². The minimum absolute atomic E-state index is 0.0460. The summed E-state index contributed by atoms with van der Waals surface area (Å²) < 4.78 is 13.1. The summed E-state index contributed by atoms with van der Waals surface area (Å²) >= 11 is 0. The van der Waals surface area contributed by atoms with Crippen molar-refractivity contribution in [3.63, 3.8) is 0 Å². The van der Waals surface area contributed by atoms with Crippen LogP contribution >= 0.6 is 0 Å². The molecule has 0 heterocycles. The molecule has 0 N–H and O–H groups in total. The maximum Gasteiger partial charge on any atom is 0.0951 e. The van der Waals surface area contributed by atoms with Crippen molar-refractivity contribution >= 4 is 0 Å². The molecule has 2 unspecified atom stereocenters. The van der Waals surface area contributed by atoms with Gasteiger partial charge in [-0.3, -0.25) is 4.39 Å². The first-order valence-corrected chi connectivity index (χ1v) is 5.69. The molecule has 0 aromatic heterocycles. The van der Waals surface area contributed by atoms with E-state index in [2.05, 4.69) is 6.92 Å². The van der Waals surface area contributed by atoms with Crippen molar-refractivity contribution in [2.75, 3.05) is 6.67 Å². The Morgan fingerprint density at radius 2 is 1.77 bits per heavy atom. The van der Waals surface area contributed by atoms with Crippen LogP contribution < -0.4 is 0 Å². The summed E-state index contributed by atoms with van der Waals surface area (Å²) in [5.41, 5.74) is 0.662. The highest BCUT2D eigenvalue weighted by atomic mass is 19.1. The van der Waals surface area contributed by atoms with E-state index < -0.39 is 0 Å². The number of alkyl halides is 1. The second-order valence-corrected chi connectivity index (χ2v) is 6.41. The SMILES string of the molecule is CC12CC3CC(C1)CC(CF)(C3)C2. The van der Waals surface area contributed by atoms with E-state index in [9.17, 15) is 4.39 Å². The van der Waals surface area contributed by atoms with Gasteiger partial charge in [-0.1, -0.05) is 6.92 Å². The number of hydrogen-bond acceptors (Lipinski definition) is 0. The second-order valence-electron chi connectivity index (χ2n) is 6.41. The van der Waals surface area contributed by atoms with Gasteiger partial charge in [-0.2, -0.15) is 0 Å². The molecular formula is C12H19F. The Bertz CT molecular complexity index is 219. The molecule has 4 saturated carbocycles. The van der Waals surface area contributed by atoms with Gasteiger partial charge in [-0.25, -0.2) is 0 Å². The molecule has 0 aromatic rings. The minimum atomic E-state index is -0.0460. The molecule has 0 nitrogen and oxygen atoms in total. The quantitative estimate of drug-likeness (QED) is 0.581. The molecule has 2 atom stereocenters. The Morgan fingerprint density at radius 3 is 2.23 bits per heavy atom. The average Bonchev–Trinajstić information content (AvgIpc) is 1.99. The molecule has 13 heavy (non-hydrogen) atoms. The monoisotopic (exact) mass is 182 g/mol. The summed E-state index contributed by atoms with van der Waals surface area (Å²) in [6, 6.07) is 0. The standard InChI is InChI=1S/C12H19F/c1-11-3-9-2-10(4-11)6-12(5-9,7-11)8-13/h9-10H,2-8H2,1H3. The van der Waals surface area contributed by atoms with E-state index in [0.29, 0.717) is 5.41 Å². The number of rotatable bonds is 1. The zero-order chi connectivity index (χ0) is 9.10. The van der Waals surface area contributed by atoms with Crippen LogP contribution in [0.15, 0.2) is 0 Å². The number of hydrogen-bond donors (Lipinski definition) is 0. The highest BCUT2D eigenvalue weighted by Crippen LogP contribution is 2.65. The zero-order valence-electron chi connectivity index (χ0n) is 8.48. The molecule has 0 radical (unpaired) electrons. The summed E-state index contributed by atoms with van der Waals surface area (Å²) in [5, 5.41) is 0. The van der Waals surface area contributed by atoms with Gasteiger partial charge < -0.3 is 0 Å². The van der Waals surface area contributed by atoms with E-state index in [1.807, 2.05) is 0 Å². The lowest BCUT2D eigenvalue weighted by Gasteiger charge is -2.60. The average molecular weight is 182 g/mol. The summed E-state index contributed by atoms with van der Waals surface area (Å²) in [7, 11) is 0. The van der Waals surface area contributed by atoms with Crippen molar-refractivity contribution in [2.24, 2.45) is 22.7 Å². The minimum Gasteiger partial charge on any atom is -0.250 e. The molecule has 0 aromatic carbocycles. The highest BCUT2D eigenvalue weighted by Gasteiger charge is 2.55. The molecule has 4 aliphatic rings. The van der Waals surface area contributed by atoms with Gasteiger partial charge in [0.2, 0.25) is 0 Å². The van der Waals surface area contributed by atoms with Gasteiger partial charge in [0.25, 0.3) is 0 Å². The van der Waals surface area contributed by atoms with E-state index in [0.717, 1.165) is 11.8 Å². The Morgan fingerprint density at radius 1 is 1.15 bits per heavy atom. The summed E-state index contributed by atoms with van der Waals surface area (Å²) in [6.07, 6.45) is 7.79. The molecule has 1 heteroatoms. The first kappa shape index (κ1) is 8.26.